The third-order valence-electron chi connectivity index (χ3n) is 4.25. The molecule has 0 aliphatic heterocycles. The van der Waals surface area contributed by atoms with Crippen molar-refractivity contribution in [2.24, 2.45) is 0 Å². The molecule has 0 saturated heterocycles. The van der Waals surface area contributed by atoms with E-state index >= 15 is 0 Å². The second kappa shape index (κ2) is 7.97. The normalized spacial score (nSPS) is 10.9. The lowest BCUT2D eigenvalue weighted by molar-refractivity contribution is 0.0951. The van der Waals surface area contributed by atoms with Gasteiger partial charge in [0.25, 0.3) is 5.91 Å². The van der Waals surface area contributed by atoms with E-state index in [1.54, 1.807) is 6.20 Å². The van der Waals surface area contributed by atoms with E-state index in [-0.39, 0.29) is 5.91 Å². The van der Waals surface area contributed by atoms with Crippen LogP contribution in [0.1, 0.15) is 27.2 Å². The minimum atomic E-state index is -0.0756. The molecule has 0 radical (unpaired) electrons. The van der Waals surface area contributed by atoms with Gasteiger partial charge in [0, 0.05) is 30.5 Å². The summed E-state index contributed by atoms with van der Waals surface area (Å²) in [5, 5.41) is 7.30. The largest absolute Gasteiger partial charge is 0.348 e. The van der Waals surface area contributed by atoms with Crippen molar-refractivity contribution < 1.29 is 4.79 Å². The number of nitrogens with zero attached hydrogens (tertiary/aromatic N) is 3. The predicted molar refractivity (Wildman–Crippen MR) is 103 cm³/mol. The molecule has 5 heteroatoms. The Bertz CT molecular complexity index is 881. The second-order valence-electron chi connectivity index (χ2n) is 6.62. The van der Waals surface area contributed by atoms with Crippen LogP contribution in [0.5, 0.6) is 0 Å². The van der Waals surface area contributed by atoms with Crippen molar-refractivity contribution in [3.8, 4) is 5.69 Å². The molecule has 2 aromatic carbocycles. The molecule has 1 amide bonds. The van der Waals surface area contributed by atoms with Crippen LogP contribution in [0, 0.1) is 6.92 Å². The van der Waals surface area contributed by atoms with E-state index in [2.05, 4.69) is 27.4 Å². The van der Waals surface area contributed by atoms with Crippen LogP contribution < -0.4 is 5.32 Å². The molecule has 26 heavy (non-hydrogen) atoms. The molecule has 3 rings (SSSR count). The number of carbonyl (C=O) groups is 1. The van der Waals surface area contributed by atoms with Gasteiger partial charge in [-0.1, -0.05) is 24.3 Å². The summed E-state index contributed by atoms with van der Waals surface area (Å²) in [4.78, 5) is 14.6. The summed E-state index contributed by atoms with van der Waals surface area (Å²) < 4.78 is 1.85. The molecule has 0 aliphatic carbocycles. The van der Waals surface area contributed by atoms with Gasteiger partial charge in [0.05, 0.1) is 5.69 Å². The fraction of sp³-hybridized carbons (Fsp3) is 0.238. The molecule has 0 saturated carbocycles. The first-order chi connectivity index (χ1) is 12.5. The summed E-state index contributed by atoms with van der Waals surface area (Å²) in [5.74, 6) is -0.0756. The van der Waals surface area contributed by atoms with E-state index in [1.807, 2.05) is 68.2 Å². The van der Waals surface area contributed by atoms with Gasteiger partial charge in [-0.3, -0.25) is 4.79 Å². The monoisotopic (exact) mass is 348 g/mol. The Morgan fingerprint density at radius 3 is 2.35 bits per heavy atom. The number of hydrogen-bond acceptors (Lipinski definition) is 3. The van der Waals surface area contributed by atoms with Crippen LogP contribution in [0.4, 0.5) is 0 Å². The summed E-state index contributed by atoms with van der Waals surface area (Å²) in [5.41, 5.74) is 5.00. The van der Waals surface area contributed by atoms with Crippen molar-refractivity contribution in [2.75, 3.05) is 14.1 Å². The number of amides is 1. The van der Waals surface area contributed by atoms with Crippen LogP contribution >= 0.6 is 0 Å². The van der Waals surface area contributed by atoms with Crippen molar-refractivity contribution in [1.29, 1.82) is 0 Å². The fourth-order valence-corrected chi connectivity index (χ4v) is 2.90. The topological polar surface area (TPSA) is 50.2 Å². The van der Waals surface area contributed by atoms with Gasteiger partial charge < -0.3 is 10.2 Å². The number of carbonyl (C=O) groups excluding carboxylic acids is 1. The molecule has 1 heterocycles. The van der Waals surface area contributed by atoms with Crippen LogP contribution in [0.3, 0.4) is 0 Å². The van der Waals surface area contributed by atoms with Crippen LogP contribution in [0.15, 0.2) is 60.8 Å². The van der Waals surface area contributed by atoms with Crippen molar-refractivity contribution >= 4 is 5.91 Å². The molecule has 0 spiro atoms. The average Bonchev–Trinajstić information content (AvgIpc) is 3.06. The summed E-state index contributed by atoms with van der Waals surface area (Å²) >= 11 is 0. The van der Waals surface area contributed by atoms with Gasteiger partial charge >= 0.3 is 0 Å². The highest BCUT2D eigenvalue weighted by molar-refractivity contribution is 5.94. The van der Waals surface area contributed by atoms with E-state index < -0.39 is 0 Å². The number of benzene rings is 2. The first-order valence-corrected chi connectivity index (χ1v) is 8.65. The molecular weight excluding hydrogens is 324 g/mol. The Morgan fingerprint density at radius 2 is 1.73 bits per heavy atom. The number of aryl methyl sites for hydroxylation is 1. The number of nitrogens with one attached hydrogen (secondary N) is 1. The minimum absolute atomic E-state index is 0.0756. The van der Waals surface area contributed by atoms with Crippen molar-refractivity contribution in [3.05, 3.63) is 83.2 Å². The Kier molecular flexibility index (Phi) is 5.49. The lowest BCUT2D eigenvalue weighted by atomic mass is 10.1. The first-order valence-electron chi connectivity index (χ1n) is 8.65. The third-order valence-corrected chi connectivity index (χ3v) is 4.25. The van der Waals surface area contributed by atoms with Gasteiger partial charge in [-0.25, -0.2) is 4.68 Å². The third kappa shape index (κ3) is 4.18. The summed E-state index contributed by atoms with van der Waals surface area (Å²) in [6.45, 7) is 3.37. The zero-order valence-electron chi connectivity index (χ0n) is 15.4. The summed E-state index contributed by atoms with van der Waals surface area (Å²) in [6.07, 6.45) is 1.77. The van der Waals surface area contributed by atoms with Crippen LogP contribution in [0.25, 0.3) is 5.69 Å². The summed E-state index contributed by atoms with van der Waals surface area (Å²) in [6, 6.07) is 17.6. The van der Waals surface area contributed by atoms with E-state index in [9.17, 15) is 4.79 Å². The maximum Gasteiger partial charge on any atom is 0.251 e. The Balaban J connectivity index is 1.67. The molecule has 0 fully saturated rings. The second-order valence-corrected chi connectivity index (χ2v) is 6.62. The van der Waals surface area contributed by atoms with Gasteiger partial charge in [0.1, 0.15) is 0 Å². The van der Waals surface area contributed by atoms with Gasteiger partial charge in [0.2, 0.25) is 0 Å². The van der Waals surface area contributed by atoms with Crippen molar-refractivity contribution in [3.63, 3.8) is 0 Å². The van der Waals surface area contributed by atoms with Crippen LogP contribution in [0.2, 0.25) is 0 Å². The number of rotatable bonds is 6. The number of aromatic nitrogens is 2. The molecular formula is C21H24N4O. The molecule has 5 nitrogen and oxygen atoms in total. The van der Waals surface area contributed by atoms with E-state index in [4.69, 9.17) is 0 Å². The zero-order chi connectivity index (χ0) is 18.5. The zero-order valence-corrected chi connectivity index (χ0v) is 15.4. The van der Waals surface area contributed by atoms with E-state index in [1.165, 1.54) is 5.56 Å². The molecule has 134 valence electrons. The van der Waals surface area contributed by atoms with Crippen LogP contribution in [-0.2, 0) is 13.1 Å². The predicted octanol–water partition coefficient (Wildman–Crippen LogP) is 3.17. The Hall–Kier alpha value is -2.92. The fourth-order valence-electron chi connectivity index (χ4n) is 2.90. The standard InChI is InChI=1S/C21H24N4O/c1-16-12-13-23-25(16)20-10-8-17(9-11-20)21(26)22-14-18-6-4-5-7-19(18)15-24(2)3/h4-13H,14-15H2,1-3H3,(H,22,26). The summed E-state index contributed by atoms with van der Waals surface area (Å²) in [7, 11) is 4.08. The Labute approximate surface area is 154 Å². The highest BCUT2D eigenvalue weighted by Crippen LogP contribution is 2.13. The smallest absolute Gasteiger partial charge is 0.251 e. The molecule has 0 aliphatic rings. The van der Waals surface area contributed by atoms with E-state index in [0.29, 0.717) is 12.1 Å². The van der Waals surface area contributed by atoms with Gasteiger partial charge in [-0.15, -0.1) is 0 Å². The van der Waals surface area contributed by atoms with Gasteiger partial charge in [-0.2, -0.15) is 5.10 Å². The van der Waals surface area contributed by atoms with Crippen molar-refractivity contribution in [1.82, 2.24) is 20.0 Å². The minimum Gasteiger partial charge on any atom is -0.348 e. The SMILES string of the molecule is Cc1ccnn1-c1ccc(C(=O)NCc2ccccc2CN(C)C)cc1. The average molecular weight is 348 g/mol. The van der Waals surface area contributed by atoms with Gasteiger partial charge in [-0.05, 0) is 62.5 Å². The lowest BCUT2D eigenvalue weighted by Crippen LogP contribution is -2.24. The molecule has 1 N–H and O–H groups in total. The van der Waals surface area contributed by atoms with E-state index in [0.717, 1.165) is 23.5 Å². The highest BCUT2D eigenvalue weighted by atomic mass is 16.1. The molecule has 0 bridgehead atoms. The molecule has 0 unspecified atom stereocenters. The number of hydrogen-bond donors (Lipinski definition) is 1. The molecule has 0 atom stereocenters. The molecule has 1 aromatic heterocycles. The highest BCUT2D eigenvalue weighted by Gasteiger charge is 2.09. The lowest BCUT2D eigenvalue weighted by Gasteiger charge is -2.14. The van der Waals surface area contributed by atoms with Gasteiger partial charge in [0.15, 0.2) is 0 Å². The Morgan fingerprint density at radius 1 is 1.04 bits per heavy atom. The molecule has 3 aromatic rings. The quantitative estimate of drug-likeness (QED) is 0.744. The van der Waals surface area contributed by atoms with Crippen LogP contribution in [-0.4, -0.2) is 34.7 Å². The maximum absolute atomic E-state index is 12.5. The first kappa shape index (κ1) is 17.9. The maximum atomic E-state index is 12.5. The van der Waals surface area contributed by atoms with Crippen molar-refractivity contribution in [2.45, 2.75) is 20.0 Å².